The molecule has 0 aliphatic heterocycles. The second-order valence-corrected chi connectivity index (χ2v) is 4.80. The quantitative estimate of drug-likeness (QED) is 0.784. The van der Waals surface area contributed by atoms with E-state index in [1.165, 1.54) is 14.7 Å². The van der Waals surface area contributed by atoms with E-state index in [0.717, 1.165) is 0 Å². The lowest BCUT2D eigenvalue weighted by Crippen LogP contribution is -2.29. The Hall–Kier alpha value is -0.0900. The molecule has 0 bridgehead atoms. The Labute approximate surface area is 87.5 Å². The molecule has 0 atom stereocenters. The summed E-state index contributed by atoms with van der Waals surface area (Å²) in [6.45, 7) is 6.18. The highest BCUT2D eigenvalue weighted by Gasteiger charge is 2.16. The van der Waals surface area contributed by atoms with Crippen LogP contribution in [-0.2, 0) is 5.54 Å². The molecule has 0 spiro atoms. The van der Waals surface area contributed by atoms with E-state index in [4.69, 9.17) is 5.73 Å². The summed E-state index contributed by atoms with van der Waals surface area (Å²) in [5, 5.41) is 0. The van der Waals surface area contributed by atoms with Crippen LogP contribution in [-0.4, -0.2) is 0 Å². The molecule has 1 nitrogen and oxygen atoms in total. The minimum absolute atomic E-state index is 0.231. The molecule has 1 aromatic carbocycles. The largest absolute Gasteiger partial charge is 0.322 e. The van der Waals surface area contributed by atoms with E-state index in [2.05, 4.69) is 47.7 Å². The van der Waals surface area contributed by atoms with Crippen LogP contribution in [0.4, 0.5) is 0 Å². The maximum absolute atomic E-state index is 6.02. The molecule has 0 aliphatic carbocycles. The van der Waals surface area contributed by atoms with Gasteiger partial charge in [-0.2, -0.15) is 0 Å². The van der Waals surface area contributed by atoms with Crippen LogP contribution in [0.5, 0.6) is 0 Å². The van der Waals surface area contributed by atoms with Gasteiger partial charge >= 0.3 is 0 Å². The Balaban J connectivity index is 3.26. The van der Waals surface area contributed by atoms with Gasteiger partial charge < -0.3 is 5.73 Å². The summed E-state index contributed by atoms with van der Waals surface area (Å²) < 4.78 is 1.28. The lowest BCUT2D eigenvalue weighted by molar-refractivity contribution is 0.550. The van der Waals surface area contributed by atoms with Crippen LogP contribution in [0.1, 0.15) is 25.0 Å². The third-order valence-electron chi connectivity index (χ3n) is 1.96. The monoisotopic (exact) mass is 275 g/mol. The van der Waals surface area contributed by atoms with E-state index in [1.807, 2.05) is 13.8 Å². The predicted octanol–water partition coefficient (Wildman–Crippen LogP) is 2.79. The van der Waals surface area contributed by atoms with Crippen LogP contribution >= 0.6 is 22.6 Å². The van der Waals surface area contributed by atoms with Gasteiger partial charge in [-0.15, -0.1) is 0 Å². The first kappa shape index (κ1) is 9.99. The van der Waals surface area contributed by atoms with Gasteiger partial charge in [0.05, 0.1) is 0 Å². The fourth-order valence-electron chi connectivity index (χ4n) is 1.31. The van der Waals surface area contributed by atoms with E-state index in [9.17, 15) is 0 Å². The lowest BCUT2D eigenvalue weighted by Gasteiger charge is -2.22. The van der Waals surface area contributed by atoms with Crippen LogP contribution in [0.3, 0.4) is 0 Å². The standard InChI is InChI=1S/C10H14IN/c1-7-8(10(2,3)12)5-4-6-9(7)11/h4-6H,12H2,1-3H3. The first-order chi connectivity index (χ1) is 5.43. The van der Waals surface area contributed by atoms with Crippen molar-refractivity contribution in [1.29, 1.82) is 0 Å². The van der Waals surface area contributed by atoms with Gasteiger partial charge in [-0.3, -0.25) is 0 Å². The number of nitrogens with two attached hydrogens (primary N) is 1. The molecule has 2 N–H and O–H groups in total. The van der Waals surface area contributed by atoms with E-state index in [0.29, 0.717) is 0 Å². The molecule has 0 heterocycles. The van der Waals surface area contributed by atoms with Gasteiger partial charge in [0.2, 0.25) is 0 Å². The van der Waals surface area contributed by atoms with Crippen molar-refractivity contribution in [3.63, 3.8) is 0 Å². The van der Waals surface area contributed by atoms with Crippen molar-refractivity contribution >= 4 is 22.6 Å². The summed E-state index contributed by atoms with van der Waals surface area (Å²) in [6, 6.07) is 6.25. The Morgan fingerprint density at radius 3 is 2.33 bits per heavy atom. The Bertz CT molecular complexity index is 286. The van der Waals surface area contributed by atoms with Gasteiger partial charge in [0.15, 0.2) is 0 Å². The van der Waals surface area contributed by atoms with Crippen LogP contribution in [0, 0.1) is 10.5 Å². The van der Waals surface area contributed by atoms with Gasteiger partial charge in [0.1, 0.15) is 0 Å². The minimum Gasteiger partial charge on any atom is -0.322 e. The van der Waals surface area contributed by atoms with E-state index in [-0.39, 0.29) is 5.54 Å². The fraction of sp³-hybridized carbons (Fsp3) is 0.400. The summed E-state index contributed by atoms with van der Waals surface area (Å²) in [7, 11) is 0. The van der Waals surface area contributed by atoms with Crippen molar-refractivity contribution in [2.24, 2.45) is 5.73 Å². The van der Waals surface area contributed by atoms with Crippen LogP contribution in [0.15, 0.2) is 18.2 Å². The molecule has 0 aliphatic rings. The fourth-order valence-corrected chi connectivity index (χ4v) is 1.80. The molecule has 1 aromatic rings. The second kappa shape index (κ2) is 3.34. The molecular formula is C10H14IN. The molecule has 66 valence electrons. The summed E-state index contributed by atoms with van der Waals surface area (Å²) in [6.07, 6.45) is 0. The van der Waals surface area contributed by atoms with Crippen molar-refractivity contribution in [1.82, 2.24) is 0 Å². The normalized spacial score (nSPS) is 11.8. The number of benzene rings is 1. The van der Waals surface area contributed by atoms with Crippen LogP contribution < -0.4 is 5.73 Å². The third kappa shape index (κ3) is 1.98. The van der Waals surface area contributed by atoms with Gasteiger partial charge in [-0.05, 0) is 60.6 Å². The molecule has 1 rings (SSSR count). The average molecular weight is 275 g/mol. The minimum atomic E-state index is -0.231. The zero-order valence-electron chi connectivity index (χ0n) is 7.69. The summed E-state index contributed by atoms with van der Waals surface area (Å²) >= 11 is 2.33. The molecule has 0 amide bonds. The number of rotatable bonds is 1. The molecular weight excluding hydrogens is 261 g/mol. The maximum atomic E-state index is 6.02. The van der Waals surface area contributed by atoms with Gasteiger partial charge in [-0.25, -0.2) is 0 Å². The molecule has 0 saturated heterocycles. The lowest BCUT2D eigenvalue weighted by atomic mass is 9.92. The van der Waals surface area contributed by atoms with Crippen molar-refractivity contribution in [3.8, 4) is 0 Å². The molecule has 2 heteroatoms. The van der Waals surface area contributed by atoms with E-state index < -0.39 is 0 Å². The first-order valence-corrected chi connectivity index (χ1v) is 5.05. The van der Waals surface area contributed by atoms with Crippen molar-refractivity contribution in [2.75, 3.05) is 0 Å². The van der Waals surface area contributed by atoms with Crippen LogP contribution in [0.25, 0.3) is 0 Å². The van der Waals surface area contributed by atoms with Gasteiger partial charge in [0.25, 0.3) is 0 Å². The van der Waals surface area contributed by atoms with Crippen molar-refractivity contribution < 1.29 is 0 Å². The first-order valence-electron chi connectivity index (χ1n) is 3.97. The topological polar surface area (TPSA) is 26.0 Å². The molecule has 0 aromatic heterocycles. The average Bonchev–Trinajstić information content (AvgIpc) is 1.92. The van der Waals surface area contributed by atoms with E-state index in [1.54, 1.807) is 0 Å². The third-order valence-corrected chi connectivity index (χ3v) is 3.13. The molecule has 0 radical (unpaired) electrons. The molecule has 0 fully saturated rings. The zero-order valence-corrected chi connectivity index (χ0v) is 9.84. The van der Waals surface area contributed by atoms with Gasteiger partial charge in [0, 0.05) is 9.11 Å². The number of hydrogen-bond donors (Lipinski definition) is 1. The van der Waals surface area contributed by atoms with Gasteiger partial charge in [-0.1, -0.05) is 12.1 Å². The summed E-state index contributed by atoms with van der Waals surface area (Å²) in [5.74, 6) is 0. The number of halogens is 1. The van der Waals surface area contributed by atoms with E-state index >= 15 is 0 Å². The highest BCUT2D eigenvalue weighted by Crippen LogP contribution is 2.24. The summed E-state index contributed by atoms with van der Waals surface area (Å²) in [5.41, 5.74) is 8.32. The molecule has 0 saturated carbocycles. The molecule has 12 heavy (non-hydrogen) atoms. The Morgan fingerprint density at radius 2 is 1.92 bits per heavy atom. The highest BCUT2D eigenvalue weighted by atomic mass is 127. The van der Waals surface area contributed by atoms with Crippen molar-refractivity contribution in [2.45, 2.75) is 26.3 Å². The zero-order chi connectivity index (χ0) is 9.35. The summed E-state index contributed by atoms with van der Waals surface area (Å²) in [4.78, 5) is 0. The molecule has 0 unspecified atom stereocenters. The predicted molar refractivity (Wildman–Crippen MR) is 61.1 cm³/mol. The smallest absolute Gasteiger partial charge is 0.0355 e. The van der Waals surface area contributed by atoms with Crippen molar-refractivity contribution in [3.05, 3.63) is 32.9 Å². The Morgan fingerprint density at radius 1 is 1.33 bits per heavy atom. The van der Waals surface area contributed by atoms with Crippen LogP contribution in [0.2, 0.25) is 0 Å². The number of hydrogen-bond acceptors (Lipinski definition) is 1. The highest BCUT2D eigenvalue weighted by molar-refractivity contribution is 14.1. The Kier molecular flexibility index (Phi) is 2.78. The maximum Gasteiger partial charge on any atom is 0.0355 e. The second-order valence-electron chi connectivity index (χ2n) is 3.63. The SMILES string of the molecule is Cc1c(I)cccc1C(C)(C)N.